The van der Waals surface area contributed by atoms with Crippen LogP contribution in [0.25, 0.3) is 0 Å². The Morgan fingerprint density at radius 3 is 2.36 bits per heavy atom. The third-order valence-electron chi connectivity index (χ3n) is 1.40. The van der Waals surface area contributed by atoms with Gasteiger partial charge in [0.1, 0.15) is 12.2 Å². The van der Waals surface area contributed by atoms with E-state index in [9.17, 15) is 9.59 Å². The van der Waals surface area contributed by atoms with Crippen molar-refractivity contribution in [2.24, 2.45) is 0 Å². The van der Waals surface area contributed by atoms with E-state index in [0.717, 1.165) is 0 Å². The molecule has 4 heteroatoms. The van der Waals surface area contributed by atoms with E-state index in [2.05, 4.69) is 12.3 Å². The fourth-order valence-electron chi connectivity index (χ4n) is 0.655. The first-order valence-electron chi connectivity index (χ1n) is 4.37. The maximum atomic E-state index is 11.1. The Labute approximate surface area is 83.2 Å². The van der Waals surface area contributed by atoms with Crippen LogP contribution in [0.5, 0.6) is 0 Å². The number of esters is 2. The number of carbonyl (C=O) groups excluding carboxylic acids is 2. The zero-order valence-electron chi connectivity index (χ0n) is 8.46. The van der Waals surface area contributed by atoms with E-state index in [4.69, 9.17) is 9.47 Å². The molecule has 0 atom stereocenters. The van der Waals surface area contributed by atoms with Crippen LogP contribution in [0.3, 0.4) is 0 Å². The lowest BCUT2D eigenvalue weighted by Gasteiger charge is -2.05. The fraction of sp³-hybridized carbons (Fsp3) is 0.500. The van der Waals surface area contributed by atoms with Crippen molar-refractivity contribution in [3.63, 3.8) is 0 Å². The van der Waals surface area contributed by atoms with Gasteiger partial charge in [0, 0.05) is 6.42 Å². The van der Waals surface area contributed by atoms with E-state index in [1.807, 2.05) is 0 Å². The molecule has 78 valence electrons. The van der Waals surface area contributed by atoms with E-state index < -0.39 is 5.97 Å². The summed E-state index contributed by atoms with van der Waals surface area (Å²) in [5.74, 6) is -0.923. The smallest absolute Gasteiger partial charge is 0.345 e. The second kappa shape index (κ2) is 6.92. The van der Waals surface area contributed by atoms with E-state index in [1.165, 1.54) is 0 Å². The van der Waals surface area contributed by atoms with Gasteiger partial charge in [0.25, 0.3) is 0 Å². The maximum absolute atomic E-state index is 11.1. The number of hydrogen-bond donors (Lipinski definition) is 0. The summed E-state index contributed by atoms with van der Waals surface area (Å²) in [5.41, 5.74) is 2.51. The van der Waals surface area contributed by atoms with Crippen molar-refractivity contribution in [2.75, 3.05) is 13.2 Å². The summed E-state index contributed by atoms with van der Waals surface area (Å²) in [5, 5.41) is 0. The quantitative estimate of drug-likeness (QED) is 0.378. The van der Waals surface area contributed by atoms with Crippen molar-refractivity contribution in [3.05, 3.63) is 17.9 Å². The predicted octanol–water partition coefficient (Wildman–Crippen LogP) is 1.21. The molecule has 0 heterocycles. The molecule has 0 unspecified atom stereocenters. The van der Waals surface area contributed by atoms with Crippen molar-refractivity contribution in [2.45, 2.75) is 20.3 Å². The van der Waals surface area contributed by atoms with Crippen LogP contribution in [0.15, 0.2) is 17.9 Å². The van der Waals surface area contributed by atoms with Crippen LogP contribution in [-0.4, -0.2) is 25.2 Å². The molecule has 0 aliphatic rings. The van der Waals surface area contributed by atoms with Gasteiger partial charge >= 0.3 is 11.9 Å². The normalized spacial score (nSPS) is 8.71. The highest BCUT2D eigenvalue weighted by Crippen LogP contribution is 1.98. The van der Waals surface area contributed by atoms with E-state index >= 15 is 0 Å². The molecule has 0 aliphatic carbocycles. The third-order valence-corrected chi connectivity index (χ3v) is 1.40. The number of rotatable bonds is 5. The van der Waals surface area contributed by atoms with Crippen molar-refractivity contribution in [3.8, 4) is 0 Å². The van der Waals surface area contributed by atoms with Crippen molar-refractivity contribution in [1.29, 1.82) is 0 Å². The van der Waals surface area contributed by atoms with Gasteiger partial charge in [-0.2, -0.15) is 0 Å². The summed E-state index contributed by atoms with van der Waals surface area (Å²) < 4.78 is 9.42. The molecule has 0 radical (unpaired) electrons. The monoisotopic (exact) mass is 198 g/mol. The van der Waals surface area contributed by atoms with Crippen molar-refractivity contribution < 1.29 is 19.1 Å². The molecule has 0 amide bonds. The minimum absolute atomic E-state index is 0.130. The summed E-state index contributed by atoms with van der Waals surface area (Å²) in [7, 11) is 0. The Hall–Kier alpha value is -1.54. The minimum Gasteiger partial charge on any atom is -0.462 e. The molecule has 0 saturated heterocycles. The summed E-state index contributed by atoms with van der Waals surface area (Å²) in [6.07, 6.45) is 0.271. The second-order valence-electron chi connectivity index (χ2n) is 2.39. The molecule has 0 aromatic carbocycles. The first-order valence-corrected chi connectivity index (χ1v) is 4.37. The first-order chi connectivity index (χ1) is 6.65. The zero-order chi connectivity index (χ0) is 11.0. The first kappa shape index (κ1) is 12.5. The highest BCUT2D eigenvalue weighted by atomic mass is 16.5. The van der Waals surface area contributed by atoms with Crippen LogP contribution in [0.4, 0.5) is 0 Å². The Balaban J connectivity index is 4.12. The van der Waals surface area contributed by atoms with Crippen molar-refractivity contribution in [1.82, 2.24) is 0 Å². The lowest BCUT2D eigenvalue weighted by Crippen LogP contribution is -2.14. The molecule has 0 bridgehead atoms. The molecule has 4 nitrogen and oxygen atoms in total. The number of hydrogen-bond acceptors (Lipinski definition) is 4. The van der Waals surface area contributed by atoms with Crippen LogP contribution < -0.4 is 0 Å². The average molecular weight is 198 g/mol. The summed E-state index contributed by atoms with van der Waals surface area (Å²) in [6, 6.07) is 0. The van der Waals surface area contributed by atoms with E-state index in [1.54, 1.807) is 13.8 Å². The van der Waals surface area contributed by atoms with Crippen LogP contribution in [0.2, 0.25) is 0 Å². The molecule has 0 aliphatic heterocycles. The Morgan fingerprint density at radius 1 is 1.29 bits per heavy atom. The second-order valence-corrected chi connectivity index (χ2v) is 2.39. The molecule has 0 saturated carbocycles. The lowest BCUT2D eigenvalue weighted by molar-refractivity contribution is -0.144. The van der Waals surface area contributed by atoms with Gasteiger partial charge in [-0.1, -0.05) is 13.5 Å². The molecule has 0 aromatic rings. The number of ether oxygens (including phenoxy) is 2. The van der Waals surface area contributed by atoms with Gasteiger partial charge in [0.15, 0.2) is 0 Å². The Morgan fingerprint density at radius 2 is 1.93 bits per heavy atom. The van der Waals surface area contributed by atoms with Gasteiger partial charge < -0.3 is 9.47 Å². The Bertz CT molecular complexity index is 261. The molecular formula is C10H14O4. The molecule has 0 N–H and O–H groups in total. The molecular weight excluding hydrogens is 184 g/mol. The lowest BCUT2D eigenvalue weighted by atomic mass is 10.3. The standard InChI is InChI=1S/C10H14O4/c1-4-8(10(12)13-6-3)7-14-9(11)5-2/h1,5-7H2,2-3H3. The molecule has 0 rings (SSSR count). The average Bonchev–Trinajstić information content (AvgIpc) is 2.18. The third kappa shape index (κ3) is 4.48. The van der Waals surface area contributed by atoms with Gasteiger partial charge in [-0.05, 0) is 6.92 Å². The maximum Gasteiger partial charge on any atom is 0.345 e. The summed E-state index contributed by atoms with van der Waals surface area (Å²) in [4.78, 5) is 21.9. The van der Waals surface area contributed by atoms with Gasteiger partial charge in [-0.3, -0.25) is 4.79 Å². The van der Waals surface area contributed by atoms with Crippen molar-refractivity contribution >= 4 is 11.9 Å². The van der Waals surface area contributed by atoms with Gasteiger partial charge in [0.05, 0.1) is 6.61 Å². The predicted molar refractivity (Wildman–Crippen MR) is 50.5 cm³/mol. The molecule has 14 heavy (non-hydrogen) atoms. The highest BCUT2D eigenvalue weighted by molar-refractivity contribution is 5.88. The Kier molecular flexibility index (Phi) is 6.16. The highest BCUT2D eigenvalue weighted by Gasteiger charge is 2.11. The number of carbonyl (C=O) groups is 2. The van der Waals surface area contributed by atoms with Crippen LogP contribution in [0, 0.1) is 0 Å². The van der Waals surface area contributed by atoms with E-state index in [0.29, 0.717) is 0 Å². The SMILES string of the molecule is C=C=C(COC(=O)CC)C(=O)OCC. The van der Waals surface area contributed by atoms with E-state index in [-0.39, 0.29) is 31.2 Å². The van der Waals surface area contributed by atoms with Crippen LogP contribution in [0.1, 0.15) is 20.3 Å². The largest absolute Gasteiger partial charge is 0.462 e. The molecule has 0 fully saturated rings. The summed E-state index contributed by atoms with van der Waals surface area (Å²) in [6.45, 7) is 6.82. The van der Waals surface area contributed by atoms with Gasteiger partial charge in [0.2, 0.25) is 0 Å². The van der Waals surface area contributed by atoms with Crippen LogP contribution >= 0.6 is 0 Å². The fourth-order valence-corrected chi connectivity index (χ4v) is 0.655. The summed E-state index contributed by atoms with van der Waals surface area (Å²) >= 11 is 0. The molecule has 0 aromatic heterocycles. The van der Waals surface area contributed by atoms with Crippen LogP contribution in [-0.2, 0) is 19.1 Å². The van der Waals surface area contributed by atoms with Gasteiger partial charge in [-0.25, -0.2) is 4.79 Å². The molecule has 0 spiro atoms. The topological polar surface area (TPSA) is 52.6 Å². The van der Waals surface area contributed by atoms with Gasteiger partial charge in [-0.15, -0.1) is 5.73 Å². The zero-order valence-corrected chi connectivity index (χ0v) is 8.46. The minimum atomic E-state index is -0.550.